The molecule has 0 atom stereocenters. The lowest BCUT2D eigenvalue weighted by molar-refractivity contribution is -0.143. The Morgan fingerprint density at radius 1 is 1.24 bits per heavy atom. The summed E-state index contributed by atoms with van der Waals surface area (Å²) in [6.45, 7) is 4.55. The first-order valence-electron chi connectivity index (χ1n) is 7.18. The Morgan fingerprint density at radius 2 is 2.05 bits per heavy atom. The summed E-state index contributed by atoms with van der Waals surface area (Å²) in [6.07, 6.45) is 2.59. The molecule has 0 aliphatic heterocycles. The van der Waals surface area contributed by atoms with E-state index in [1.807, 2.05) is 25.1 Å². The van der Waals surface area contributed by atoms with Crippen molar-refractivity contribution in [2.75, 3.05) is 19.7 Å². The second-order valence-electron chi connectivity index (χ2n) is 4.78. The Kier molecular flexibility index (Phi) is 4.98. The van der Waals surface area contributed by atoms with Gasteiger partial charge in [-0.2, -0.15) is 0 Å². The van der Waals surface area contributed by atoms with Gasteiger partial charge in [-0.3, -0.25) is 9.59 Å². The van der Waals surface area contributed by atoms with E-state index in [4.69, 9.17) is 4.74 Å². The van der Waals surface area contributed by atoms with E-state index in [0.717, 1.165) is 17.3 Å². The number of H-pyrrole nitrogens is 1. The molecule has 1 aromatic heterocycles. The summed E-state index contributed by atoms with van der Waals surface area (Å²) in [5, 5.41) is 0.980. The van der Waals surface area contributed by atoms with E-state index >= 15 is 0 Å². The summed E-state index contributed by atoms with van der Waals surface area (Å²) in [5.74, 6) is -0.532. The lowest BCUT2D eigenvalue weighted by Crippen LogP contribution is -2.37. The van der Waals surface area contributed by atoms with E-state index in [-0.39, 0.29) is 18.4 Å². The van der Waals surface area contributed by atoms with Gasteiger partial charge in [-0.15, -0.1) is 0 Å². The van der Waals surface area contributed by atoms with Crippen LogP contribution in [0.3, 0.4) is 0 Å². The third-order valence-corrected chi connectivity index (χ3v) is 3.22. The van der Waals surface area contributed by atoms with Crippen molar-refractivity contribution < 1.29 is 14.3 Å². The van der Waals surface area contributed by atoms with Crippen LogP contribution in [0.15, 0.2) is 30.5 Å². The van der Waals surface area contributed by atoms with Crippen LogP contribution in [-0.4, -0.2) is 41.5 Å². The van der Waals surface area contributed by atoms with Gasteiger partial charge in [0.15, 0.2) is 0 Å². The third kappa shape index (κ3) is 3.42. The van der Waals surface area contributed by atoms with Crippen LogP contribution in [0.5, 0.6) is 0 Å². The van der Waals surface area contributed by atoms with Gasteiger partial charge >= 0.3 is 5.97 Å². The fourth-order valence-corrected chi connectivity index (χ4v) is 2.32. The quantitative estimate of drug-likeness (QED) is 0.831. The zero-order valence-corrected chi connectivity index (χ0v) is 12.4. The number of rotatable bonds is 6. The van der Waals surface area contributed by atoms with Crippen LogP contribution in [0.2, 0.25) is 0 Å². The van der Waals surface area contributed by atoms with E-state index < -0.39 is 0 Å². The first kappa shape index (κ1) is 15.1. The van der Waals surface area contributed by atoms with E-state index in [2.05, 4.69) is 4.98 Å². The third-order valence-electron chi connectivity index (χ3n) is 3.22. The smallest absolute Gasteiger partial charge is 0.325 e. The fourth-order valence-electron chi connectivity index (χ4n) is 2.32. The average molecular weight is 288 g/mol. The van der Waals surface area contributed by atoms with Crippen molar-refractivity contribution in [3.63, 3.8) is 0 Å². The Balaban J connectivity index is 2.25. The molecule has 1 aromatic carbocycles. The van der Waals surface area contributed by atoms with Crippen molar-refractivity contribution in [2.45, 2.75) is 20.3 Å². The summed E-state index contributed by atoms with van der Waals surface area (Å²) in [7, 11) is 0. The van der Waals surface area contributed by atoms with Crippen LogP contribution in [0.4, 0.5) is 0 Å². The minimum atomic E-state index is -0.377. The molecule has 0 aliphatic carbocycles. The number of fused-ring (bicyclic) bond motifs is 1. The highest BCUT2D eigenvalue weighted by atomic mass is 16.5. The Bertz CT molecular complexity index is 633. The molecule has 0 radical (unpaired) electrons. The number of carbonyl (C=O) groups excluding carboxylic acids is 2. The molecule has 1 amide bonds. The highest BCUT2D eigenvalue weighted by Gasteiger charge is 2.20. The van der Waals surface area contributed by atoms with Gasteiger partial charge in [0.2, 0.25) is 0 Å². The molecule has 0 unspecified atom stereocenters. The molecule has 0 fully saturated rings. The van der Waals surface area contributed by atoms with Crippen molar-refractivity contribution in [1.29, 1.82) is 0 Å². The first-order chi connectivity index (χ1) is 10.2. The maximum absolute atomic E-state index is 12.7. The topological polar surface area (TPSA) is 62.4 Å². The van der Waals surface area contributed by atoms with Crippen molar-refractivity contribution >= 4 is 22.8 Å². The standard InChI is InChI=1S/C16H20N2O3/c1-3-10-18(11-14(19)21-4-2)16(20)13-7-5-6-12-8-9-17-15(12)13/h5-9,17H,3-4,10-11H2,1-2H3. The number of benzene rings is 1. The van der Waals surface area contributed by atoms with Gasteiger partial charge in [0.05, 0.1) is 17.7 Å². The normalized spacial score (nSPS) is 10.6. The van der Waals surface area contributed by atoms with Crippen molar-refractivity contribution in [1.82, 2.24) is 9.88 Å². The molecule has 2 aromatic rings. The number of ether oxygens (including phenoxy) is 1. The van der Waals surface area contributed by atoms with E-state index in [1.54, 1.807) is 19.2 Å². The molecule has 0 saturated carbocycles. The minimum absolute atomic E-state index is 0.0163. The Hall–Kier alpha value is -2.30. The number of amides is 1. The van der Waals surface area contributed by atoms with Gasteiger partial charge in [-0.05, 0) is 25.5 Å². The Morgan fingerprint density at radius 3 is 2.76 bits per heavy atom. The number of esters is 1. The predicted molar refractivity (Wildman–Crippen MR) is 81.1 cm³/mol. The highest BCUT2D eigenvalue weighted by molar-refractivity contribution is 6.06. The lowest BCUT2D eigenvalue weighted by Gasteiger charge is -2.21. The van der Waals surface area contributed by atoms with Gasteiger partial charge in [-0.25, -0.2) is 0 Å². The summed E-state index contributed by atoms with van der Waals surface area (Å²) in [6, 6.07) is 7.48. The van der Waals surface area contributed by atoms with E-state index in [0.29, 0.717) is 18.7 Å². The fraction of sp³-hybridized carbons (Fsp3) is 0.375. The average Bonchev–Trinajstić information content (AvgIpc) is 2.94. The highest BCUT2D eigenvalue weighted by Crippen LogP contribution is 2.18. The molecule has 1 N–H and O–H groups in total. The molecule has 0 saturated heterocycles. The molecule has 21 heavy (non-hydrogen) atoms. The zero-order valence-electron chi connectivity index (χ0n) is 12.4. The molecule has 5 heteroatoms. The number of hydrogen-bond acceptors (Lipinski definition) is 3. The monoisotopic (exact) mass is 288 g/mol. The molecular formula is C16H20N2O3. The molecule has 0 aliphatic rings. The molecule has 2 rings (SSSR count). The van der Waals surface area contributed by atoms with Gasteiger partial charge in [0, 0.05) is 18.1 Å². The van der Waals surface area contributed by atoms with Gasteiger partial charge in [0.1, 0.15) is 6.54 Å². The van der Waals surface area contributed by atoms with Crippen LogP contribution in [0.1, 0.15) is 30.6 Å². The lowest BCUT2D eigenvalue weighted by atomic mass is 10.1. The summed E-state index contributed by atoms with van der Waals surface area (Å²) >= 11 is 0. The number of nitrogens with zero attached hydrogens (tertiary/aromatic N) is 1. The van der Waals surface area contributed by atoms with E-state index in [1.165, 1.54) is 4.90 Å². The van der Waals surface area contributed by atoms with Crippen LogP contribution in [0, 0.1) is 0 Å². The van der Waals surface area contributed by atoms with Crippen molar-refractivity contribution in [3.05, 3.63) is 36.0 Å². The SMILES string of the molecule is CCCN(CC(=O)OCC)C(=O)c1cccc2cc[nH]c12. The number of carbonyl (C=O) groups is 2. The predicted octanol–water partition coefficient (Wildman–Crippen LogP) is 2.58. The van der Waals surface area contributed by atoms with Crippen LogP contribution in [0.25, 0.3) is 10.9 Å². The van der Waals surface area contributed by atoms with Gasteiger partial charge in [0.25, 0.3) is 5.91 Å². The molecule has 112 valence electrons. The molecular weight excluding hydrogens is 268 g/mol. The van der Waals surface area contributed by atoms with Crippen LogP contribution in [-0.2, 0) is 9.53 Å². The summed E-state index contributed by atoms with van der Waals surface area (Å²) in [4.78, 5) is 29.0. The van der Waals surface area contributed by atoms with Crippen LogP contribution >= 0.6 is 0 Å². The van der Waals surface area contributed by atoms with Gasteiger partial charge in [-0.1, -0.05) is 19.1 Å². The van der Waals surface area contributed by atoms with Crippen molar-refractivity contribution in [3.8, 4) is 0 Å². The second-order valence-corrected chi connectivity index (χ2v) is 4.78. The number of aromatic amines is 1. The summed E-state index contributed by atoms with van der Waals surface area (Å²) in [5.41, 5.74) is 1.38. The summed E-state index contributed by atoms with van der Waals surface area (Å²) < 4.78 is 4.94. The number of nitrogens with one attached hydrogen (secondary N) is 1. The molecule has 1 heterocycles. The van der Waals surface area contributed by atoms with E-state index in [9.17, 15) is 9.59 Å². The molecule has 0 spiro atoms. The molecule has 0 bridgehead atoms. The van der Waals surface area contributed by atoms with Crippen molar-refractivity contribution in [2.24, 2.45) is 0 Å². The largest absolute Gasteiger partial charge is 0.465 e. The number of aromatic nitrogens is 1. The number of hydrogen-bond donors (Lipinski definition) is 1. The van der Waals surface area contributed by atoms with Crippen LogP contribution < -0.4 is 0 Å². The maximum Gasteiger partial charge on any atom is 0.325 e. The zero-order chi connectivity index (χ0) is 15.2. The Labute approximate surface area is 123 Å². The second kappa shape index (κ2) is 6.92. The van der Waals surface area contributed by atoms with Gasteiger partial charge < -0.3 is 14.6 Å². The first-order valence-corrected chi connectivity index (χ1v) is 7.18. The maximum atomic E-state index is 12.7. The molecule has 5 nitrogen and oxygen atoms in total. The number of para-hydroxylation sites is 1. The minimum Gasteiger partial charge on any atom is -0.465 e.